The van der Waals surface area contributed by atoms with Gasteiger partial charge in [0.15, 0.2) is 0 Å². The number of hydrogen-bond donors (Lipinski definition) is 0. The van der Waals surface area contributed by atoms with Gasteiger partial charge in [-0.3, -0.25) is 9.59 Å². The lowest BCUT2D eigenvalue weighted by Crippen LogP contribution is -2.01. The van der Waals surface area contributed by atoms with Crippen LogP contribution in [0.4, 0.5) is 4.39 Å². The Morgan fingerprint density at radius 3 is 2.88 bits per heavy atom. The van der Waals surface area contributed by atoms with E-state index in [4.69, 9.17) is 0 Å². The molecular weight excluding hydrogens is 231 g/mol. The van der Waals surface area contributed by atoms with Crippen LogP contribution < -0.4 is 0 Å². The molecule has 86 valence electrons. The van der Waals surface area contributed by atoms with Gasteiger partial charge in [-0.2, -0.15) is 0 Å². The molecule has 0 spiro atoms. The van der Waals surface area contributed by atoms with E-state index in [0.29, 0.717) is 22.5 Å². The Bertz CT molecular complexity index is 393. The molecule has 5 heteroatoms. The molecule has 0 saturated carbocycles. The van der Waals surface area contributed by atoms with E-state index in [-0.39, 0.29) is 12.4 Å². The van der Waals surface area contributed by atoms with Crippen LogP contribution >= 0.6 is 11.8 Å². The predicted octanol–water partition coefficient (Wildman–Crippen LogP) is 2.29. The van der Waals surface area contributed by atoms with Crippen molar-refractivity contribution in [1.82, 2.24) is 0 Å². The third-order valence-electron chi connectivity index (χ3n) is 1.83. The van der Waals surface area contributed by atoms with Crippen LogP contribution in [0.3, 0.4) is 0 Å². The number of halogens is 1. The molecule has 1 aromatic rings. The van der Waals surface area contributed by atoms with E-state index in [1.165, 1.54) is 24.9 Å². The first-order valence-corrected chi connectivity index (χ1v) is 5.59. The van der Waals surface area contributed by atoms with Crippen LogP contribution in [-0.2, 0) is 9.53 Å². The Labute approximate surface area is 97.0 Å². The number of aldehydes is 1. The first kappa shape index (κ1) is 12.7. The van der Waals surface area contributed by atoms with Gasteiger partial charge in [0.2, 0.25) is 0 Å². The van der Waals surface area contributed by atoms with Crippen molar-refractivity contribution in [3.8, 4) is 0 Å². The number of thioether (sulfide) groups is 1. The normalized spacial score (nSPS) is 9.88. The minimum absolute atomic E-state index is 0.258. The van der Waals surface area contributed by atoms with Crippen molar-refractivity contribution in [2.24, 2.45) is 0 Å². The number of hydrogen-bond acceptors (Lipinski definition) is 4. The summed E-state index contributed by atoms with van der Waals surface area (Å²) in [5, 5.41) is 0. The molecule has 1 rings (SSSR count). The summed E-state index contributed by atoms with van der Waals surface area (Å²) in [5.74, 6) is -0.265. The lowest BCUT2D eigenvalue weighted by molar-refractivity contribution is -0.140. The topological polar surface area (TPSA) is 43.4 Å². The smallest absolute Gasteiger partial charge is 0.306 e. The van der Waals surface area contributed by atoms with Crippen LogP contribution in [0.2, 0.25) is 0 Å². The van der Waals surface area contributed by atoms with Gasteiger partial charge >= 0.3 is 5.97 Å². The van der Waals surface area contributed by atoms with Crippen molar-refractivity contribution in [3.63, 3.8) is 0 Å². The van der Waals surface area contributed by atoms with Crippen molar-refractivity contribution in [2.75, 3.05) is 12.9 Å². The maximum Gasteiger partial charge on any atom is 0.306 e. The fourth-order valence-corrected chi connectivity index (χ4v) is 2.01. The molecular formula is C11H11FO3S. The fraction of sp³-hybridized carbons (Fsp3) is 0.273. The van der Waals surface area contributed by atoms with Crippen LogP contribution in [0.15, 0.2) is 23.1 Å². The lowest BCUT2D eigenvalue weighted by Gasteiger charge is -2.02. The zero-order valence-electron chi connectivity index (χ0n) is 8.73. The summed E-state index contributed by atoms with van der Waals surface area (Å²) in [7, 11) is 1.32. The SMILES string of the molecule is COC(=O)CCSc1cc(F)cc(C=O)c1. The average molecular weight is 242 g/mol. The number of carbonyl (C=O) groups excluding carboxylic acids is 2. The molecule has 0 amide bonds. The zero-order valence-corrected chi connectivity index (χ0v) is 9.55. The van der Waals surface area contributed by atoms with Crippen molar-refractivity contribution in [3.05, 3.63) is 29.6 Å². The molecule has 0 radical (unpaired) electrons. The highest BCUT2D eigenvalue weighted by Crippen LogP contribution is 2.21. The third-order valence-corrected chi connectivity index (χ3v) is 2.81. The highest BCUT2D eigenvalue weighted by molar-refractivity contribution is 7.99. The Morgan fingerprint density at radius 2 is 2.25 bits per heavy atom. The third kappa shape index (κ3) is 4.02. The Morgan fingerprint density at radius 1 is 1.50 bits per heavy atom. The van der Waals surface area contributed by atoms with Gasteiger partial charge in [-0.25, -0.2) is 4.39 Å². The van der Waals surface area contributed by atoms with Crippen molar-refractivity contribution < 1.29 is 18.7 Å². The van der Waals surface area contributed by atoms with E-state index in [1.54, 1.807) is 6.07 Å². The number of ether oxygens (including phenoxy) is 1. The summed E-state index contributed by atoms with van der Waals surface area (Å²) in [6.45, 7) is 0. The van der Waals surface area contributed by atoms with E-state index in [9.17, 15) is 14.0 Å². The highest BCUT2D eigenvalue weighted by atomic mass is 32.2. The van der Waals surface area contributed by atoms with Crippen molar-refractivity contribution >= 4 is 24.0 Å². The molecule has 0 aliphatic rings. The second-order valence-electron chi connectivity index (χ2n) is 3.01. The zero-order chi connectivity index (χ0) is 12.0. The monoisotopic (exact) mass is 242 g/mol. The number of esters is 1. The minimum Gasteiger partial charge on any atom is -0.469 e. The van der Waals surface area contributed by atoms with Gasteiger partial charge in [-0.05, 0) is 18.2 Å². The van der Waals surface area contributed by atoms with Gasteiger partial charge in [0, 0.05) is 16.2 Å². The van der Waals surface area contributed by atoms with Crippen LogP contribution in [0.25, 0.3) is 0 Å². The van der Waals surface area contributed by atoms with Crippen LogP contribution in [0.1, 0.15) is 16.8 Å². The maximum atomic E-state index is 13.0. The van der Waals surface area contributed by atoms with E-state index >= 15 is 0 Å². The lowest BCUT2D eigenvalue weighted by atomic mass is 10.2. The molecule has 0 aliphatic carbocycles. The number of carbonyl (C=O) groups is 2. The van der Waals surface area contributed by atoms with E-state index in [0.717, 1.165) is 6.07 Å². The second-order valence-corrected chi connectivity index (χ2v) is 4.18. The van der Waals surface area contributed by atoms with Crippen LogP contribution in [0.5, 0.6) is 0 Å². The standard InChI is InChI=1S/C11H11FO3S/c1-15-11(14)2-3-16-10-5-8(7-13)4-9(12)6-10/h4-7H,2-3H2,1H3. The summed E-state index contributed by atoms with van der Waals surface area (Å²) >= 11 is 1.31. The van der Waals surface area contributed by atoms with Crippen LogP contribution in [-0.4, -0.2) is 25.1 Å². The molecule has 0 N–H and O–H groups in total. The first-order valence-electron chi connectivity index (χ1n) is 4.61. The molecule has 0 aromatic heterocycles. The van der Waals surface area contributed by atoms with Gasteiger partial charge in [0.1, 0.15) is 12.1 Å². The summed E-state index contributed by atoms with van der Waals surface area (Å²) in [6, 6.07) is 4.07. The van der Waals surface area contributed by atoms with Crippen LogP contribution in [0, 0.1) is 5.82 Å². The highest BCUT2D eigenvalue weighted by Gasteiger charge is 2.03. The molecule has 0 fully saturated rings. The predicted molar refractivity (Wildman–Crippen MR) is 59.1 cm³/mol. The van der Waals surface area contributed by atoms with E-state index in [2.05, 4.69) is 4.74 Å². The number of rotatable bonds is 5. The fourth-order valence-electron chi connectivity index (χ4n) is 1.09. The largest absolute Gasteiger partial charge is 0.469 e. The first-order chi connectivity index (χ1) is 7.65. The summed E-state index contributed by atoms with van der Waals surface area (Å²) in [6.07, 6.45) is 0.849. The number of benzene rings is 1. The Kier molecular flexibility index (Phi) is 4.98. The molecule has 0 aliphatic heterocycles. The molecule has 0 bridgehead atoms. The molecule has 0 unspecified atom stereocenters. The van der Waals surface area contributed by atoms with Gasteiger partial charge in [-0.1, -0.05) is 0 Å². The molecule has 0 saturated heterocycles. The van der Waals surface area contributed by atoms with Gasteiger partial charge in [0.25, 0.3) is 0 Å². The summed E-state index contributed by atoms with van der Waals surface area (Å²) < 4.78 is 17.5. The molecule has 0 atom stereocenters. The van der Waals surface area contributed by atoms with E-state index < -0.39 is 5.82 Å². The minimum atomic E-state index is -0.454. The van der Waals surface area contributed by atoms with Gasteiger partial charge in [-0.15, -0.1) is 11.8 Å². The van der Waals surface area contributed by atoms with Gasteiger partial charge < -0.3 is 4.74 Å². The van der Waals surface area contributed by atoms with Crippen molar-refractivity contribution in [2.45, 2.75) is 11.3 Å². The summed E-state index contributed by atoms with van der Waals surface area (Å²) in [4.78, 5) is 21.9. The van der Waals surface area contributed by atoms with Gasteiger partial charge in [0.05, 0.1) is 13.5 Å². The quantitative estimate of drug-likeness (QED) is 0.451. The Balaban J connectivity index is 2.56. The molecule has 3 nitrogen and oxygen atoms in total. The molecule has 0 heterocycles. The number of methoxy groups -OCH3 is 1. The summed E-state index contributed by atoms with van der Waals surface area (Å²) in [5.41, 5.74) is 0.292. The average Bonchev–Trinajstić information content (AvgIpc) is 2.28. The Hall–Kier alpha value is -1.36. The molecule has 16 heavy (non-hydrogen) atoms. The van der Waals surface area contributed by atoms with Crippen molar-refractivity contribution in [1.29, 1.82) is 0 Å². The molecule has 1 aromatic carbocycles. The van der Waals surface area contributed by atoms with E-state index in [1.807, 2.05) is 0 Å². The maximum absolute atomic E-state index is 13.0. The second kappa shape index (κ2) is 6.27.